The molecule has 31 heavy (non-hydrogen) atoms. The number of halogens is 1. The van der Waals surface area contributed by atoms with Gasteiger partial charge in [-0.3, -0.25) is 4.21 Å². The molecule has 0 spiro atoms. The van der Waals surface area contributed by atoms with Gasteiger partial charge < -0.3 is 20.2 Å². The Bertz CT molecular complexity index is 979. The third kappa shape index (κ3) is 4.66. The van der Waals surface area contributed by atoms with E-state index in [1.165, 1.54) is 5.69 Å². The van der Waals surface area contributed by atoms with Crippen LogP contribution < -0.4 is 15.1 Å². The summed E-state index contributed by atoms with van der Waals surface area (Å²) in [4.78, 5) is 14.8. The molecule has 2 N–H and O–H groups in total. The first-order chi connectivity index (χ1) is 14.9. The largest absolute Gasteiger partial charge is 0.394 e. The molecule has 0 saturated carbocycles. The molecule has 2 aliphatic heterocycles. The highest BCUT2D eigenvalue weighted by Crippen LogP contribution is 2.31. The standard InChI is InChI=1S/C22H30ClN5O2S/c1-14(2)19(13-29)24-21-20-18(6-11-31(20)30)25-22(26-21)28-9-7-27(8-10-28)16-4-5-17(23)15(3)12-16/h4-5,12,14,19,29H,6-11,13H2,1-3H3,(H,24,25,26). The van der Waals surface area contributed by atoms with Crippen LogP contribution >= 0.6 is 11.6 Å². The van der Waals surface area contributed by atoms with Gasteiger partial charge in [-0.2, -0.15) is 4.98 Å². The molecule has 2 atom stereocenters. The maximum absolute atomic E-state index is 12.6. The first-order valence-corrected chi connectivity index (χ1v) is 12.5. The van der Waals surface area contributed by atoms with Crippen molar-refractivity contribution < 1.29 is 9.32 Å². The summed E-state index contributed by atoms with van der Waals surface area (Å²) in [6.45, 7) is 9.44. The van der Waals surface area contributed by atoms with E-state index in [4.69, 9.17) is 21.6 Å². The predicted octanol–water partition coefficient (Wildman–Crippen LogP) is 2.86. The number of fused-ring (bicyclic) bond motifs is 1. The Hall–Kier alpha value is -1.90. The van der Waals surface area contributed by atoms with Crippen molar-refractivity contribution in [3.63, 3.8) is 0 Å². The second kappa shape index (κ2) is 9.30. The highest BCUT2D eigenvalue weighted by molar-refractivity contribution is 7.85. The molecule has 2 unspecified atom stereocenters. The number of nitrogens with one attached hydrogen (secondary N) is 1. The molecule has 0 radical (unpaired) electrons. The smallest absolute Gasteiger partial charge is 0.227 e. The monoisotopic (exact) mass is 463 g/mol. The van der Waals surface area contributed by atoms with E-state index < -0.39 is 10.8 Å². The fourth-order valence-electron chi connectivity index (χ4n) is 4.01. The van der Waals surface area contributed by atoms with Crippen molar-refractivity contribution in [1.82, 2.24) is 9.97 Å². The molecule has 7 nitrogen and oxygen atoms in total. The number of benzene rings is 1. The molecular weight excluding hydrogens is 434 g/mol. The number of hydrogen-bond donors (Lipinski definition) is 2. The quantitative estimate of drug-likeness (QED) is 0.681. The summed E-state index contributed by atoms with van der Waals surface area (Å²) in [5.74, 6) is 2.09. The summed E-state index contributed by atoms with van der Waals surface area (Å²) in [6.07, 6.45) is 0.696. The van der Waals surface area contributed by atoms with E-state index in [9.17, 15) is 9.32 Å². The Kier molecular flexibility index (Phi) is 6.69. The van der Waals surface area contributed by atoms with Crippen molar-refractivity contribution in [2.24, 2.45) is 5.92 Å². The molecule has 0 aliphatic carbocycles. The lowest BCUT2D eigenvalue weighted by Crippen LogP contribution is -2.47. The van der Waals surface area contributed by atoms with Gasteiger partial charge in [0.2, 0.25) is 5.95 Å². The summed E-state index contributed by atoms with van der Waals surface area (Å²) < 4.78 is 12.6. The van der Waals surface area contributed by atoms with Gasteiger partial charge in [0.25, 0.3) is 0 Å². The average Bonchev–Trinajstić information content (AvgIpc) is 3.14. The molecule has 0 amide bonds. The van der Waals surface area contributed by atoms with Crippen molar-refractivity contribution in [3.05, 3.63) is 34.5 Å². The predicted molar refractivity (Wildman–Crippen MR) is 127 cm³/mol. The fourth-order valence-corrected chi connectivity index (χ4v) is 5.44. The van der Waals surface area contributed by atoms with Crippen molar-refractivity contribution in [3.8, 4) is 0 Å². The number of aryl methyl sites for hydroxylation is 2. The van der Waals surface area contributed by atoms with E-state index in [0.29, 0.717) is 28.8 Å². The van der Waals surface area contributed by atoms with Gasteiger partial charge >= 0.3 is 0 Å². The van der Waals surface area contributed by atoms with Gasteiger partial charge in [0.05, 0.1) is 29.1 Å². The van der Waals surface area contributed by atoms with Crippen LogP contribution in [-0.2, 0) is 17.2 Å². The second-order valence-corrected chi connectivity index (χ2v) is 10.4. The second-order valence-electron chi connectivity index (χ2n) is 8.53. The number of aliphatic hydroxyl groups is 1. The van der Waals surface area contributed by atoms with Crippen molar-refractivity contribution in [2.75, 3.05) is 53.7 Å². The number of anilines is 3. The third-order valence-corrected chi connectivity index (χ3v) is 7.95. The Balaban J connectivity index is 1.54. The van der Waals surface area contributed by atoms with Crippen molar-refractivity contribution in [1.29, 1.82) is 0 Å². The maximum atomic E-state index is 12.6. The Labute approximate surface area is 191 Å². The number of aromatic nitrogens is 2. The van der Waals surface area contributed by atoms with E-state index >= 15 is 0 Å². The SMILES string of the molecule is Cc1cc(N2CCN(c3nc4c(c(NC(CO)C(C)C)n3)S(=O)CC4)CC2)ccc1Cl. The van der Waals surface area contributed by atoms with E-state index in [0.717, 1.165) is 42.5 Å². The molecule has 2 aromatic rings. The van der Waals surface area contributed by atoms with E-state index in [1.54, 1.807) is 0 Å². The Morgan fingerprint density at radius 2 is 1.90 bits per heavy atom. The highest BCUT2D eigenvalue weighted by Gasteiger charge is 2.29. The molecule has 1 saturated heterocycles. The molecule has 1 aromatic carbocycles. The molecule has 9 heteroatoms. The highest BCUT2D eigenvalue weighted by atomic mass is 35.5. The number of aliphatic hydroxyl groups excluding tert-OH is 1. The van der Waals surface area contributed by atoms with Gasteiger partial charge in [-0.25, -0.2) is 4.98 Å². The van der Waals surface area contributed by atoms with E-state index in [-0.39, 0.29) is 18.6 Å². The van der Waals surface area contributed by atoms with E-state index in [1.807, 2.05) is 26.8 Å². The number of nitrogens with zero attached hydrogens (tertiary/aromatic N) is 4. The Morgan fingerprint density at radius 3 is 2.55 bits per heavy atom. The Morgan fingerprint density at radius 1 is 1.19 bits per heavy atom. The minimum absolute atomic E-state index is 0.00239. The molecule has 168 valence electrons. The van der Waals surface area contributed by atoms with Crippen LogP contribution in [0.2, 0.25) is 5.02 Å². The zero-order valence-corrected chi connectivity index (χ0v) is 19.8. The fraction of sp³-hybridized carbons (Fsp3) is 0.545. The molecule has 1 aromatic heterocycles. The minimum atomic E-state index is -1.10. The molecule has 3 heterocycles. The number of hydrogen-bond acceptors (Lipinski definition) is 7. The van der Waals surface area contributed by atoms with Crippen LogP contribution in [0.3, 0.4) is 0 Å². The van der Waals surface area contributed by atoms with Gasteiger partial charge in [0, 0.05) is 49.1 Å². The summed E-state index contributed by atoms with van der Waals surface area (Å²) in [5, 5.41) is 13.9. The van der Waals surface area contributed by atoms with Crippen molar-refractivity contribution in [2.45, 2.75) is 38.1 Å². The van der Waals surface area contributed by atoms with Crippen LogP contribution in [0.15, 0.2) is 23.1 Å². The average molecular weight is 464 g/mol. The molecular formula is C22H30ClN5O2S. The topological polar surface area (TPSA) is 81.6 Å². The van der Waals surface area contributed by atoms with Gasteiger partial charge in [-0.15, -0.1) is 0 Å². The molecule has 2 aliphatic rings. The van der Waals surface area contributed by atoms with Gasteiger partial charge in [-0.05, 0) is 36.6 Å². The lowest BCUT2D eigenvalue weighted by molar-refractivity contribution is 0.249. The van der Waals surface area contributed by atoms with Crippen LogP contribution in [-0.4, -0.2) is 63.9 Å². The van der Waals surface area contributed by atoms with Gasteiger partial charge in [-0.1, -0.05) is 25.4 Å². The van der Waals surface area contributed by atoms with Crippen molar-refractivity contribution >= 4 is 39.9 Å². The number of rotatable bonds is 6. The van der Waals surface area contributed by atoms with Crippen LogP contribution in [0.1, 0.15) is 25.1 Å². The zero-order valence-electron chi connectivity index (χ0n) is 18.3. The normalized spacial score (nSPS) is 19.6. The lowest BCUT2D eigenvalue weighted by atomic mass is 10.1. The lowest BCUT2D eigenvalue weighted by Gasteiger charge is -2.36. The summed E-state index contributed by atoms with van der Waals surface area (Å²) in [5.41, 5.74) is 3.12. The summed E-state index contributed by atoms with van der Waals surface area (Å²) in [7, 11) is -1.10. The maximum Gasteiger partial charge on any atom is 0.227 e. The zero-order chi connectivity index (χ0) is 22.1. The third-order valence-electron chi connectivity index (χ3n) is 6.07. The van der Waals surface area contributed by atoms with E-state index in [2.05, 4.69) is 27.2 Å². The first-order valence-electron chi connectivity index (χ1n) is 10.8. The number of piperazine rings is 1. The molecule has 4 rings (SSSR count). The molecule has 1 fully saturated rings. The summed E-state index contributed by atoms with van der Waals surface area (Å²) in [6, 6.07) is 6.00. The van der Waals surface area contributed by atoms with Crippen LogP contribution in [0.25, 0.3) is 0 Å². The van der Waals surface area contributed by atoms with Gasteiger partial charge in [0.1, 0.15) is 10.7 Å². The summed E-state index contributed by atoms with van der Waals surface area (Å²) >= 11 is 6.17. The van der Waals surface area contributed by atoms with Crippen LogP contribution in [0.5, 0.6) is 0 Å². The minimum Gasteiger partial charge on any atom is -0.394 e. The first kappa shape index (κ1) is 22.3. The molecule has 0 bridgehead atoms. The van der Waals surface area contributed by atoms with Gasteiger partial charge in [0.15, 0.2) is 0 Å². The van der Waals surface area contributed by atoms with Crippen LogP contribution in [0.4, 0.5) is 17.5 Å². The van der Waals surface area contributed by atoms with Crippen LogP contribution in [0, 0.1) is 12.8 Å².